The molecule has 0 amide bonds. The molecule has 4 heteroatoms. The van der Waals surface area contributed by atoms with E-state index < -0.39 is 0 Å². The third-order valence-electron chi connectivity index (χ3n) is 7.60. The number of pyridine rings is 1. The number of benzene rings is 5. The molecule has 0 N–H and O–H groups in total. The van der Waals surface area contributed by atoms with Crippen LogP contribution in [0.4, 0.5) is 0 Å². The predicted molar refractivity (Wildman–Crippen MR) is 164 cm³/mol. The van der Waals surface area contributed by atoms with E-state index in [4.69, 9.17) is 9.97 Å². The van der Waals surface area contributed by atoms with Crippen molar-refractivity contribution in [3.63, 3.8) is 0 Å². The molecule has 3 aromatic heterocycles. The lowest BCUT2D eigenvalue weighted by molar-refractivity contribution is 1.08. The molecule has 8 aromatic rings. The molecule has 0 aliphatic rings. The first-order valence-electron chi connectivity index (χ1n) is 13.4. The smallest absolute Gasteiger partial charge is 0.164 e. The Hall–Kier alpha value is -5.48. The van der Waals surface area contributed by atoms with Crippen LogP contribution in [0.15, 0.2) is 146 Å². The number of para-hydroxylation sites is 3. The number of nitrogens with zero attached hydrogens (tertiary/aromatic N) is 4. The summed E-state index contributed by atoms with van der Waals surface area (Å²) in [6, 6.07) is 48.7. The fourth-order valence-corrected chi connectivity index (χ4v) is 5.89. The second kappa shape index (κ2) is 9.07. The van der Waals surface area contributed by atoms with Crippen LogP contribution < -0.4 is 0 Å². The molecule has 0 atom stereocenters. The summed E-state index contributed by atoms with van der Waals surface area (Å²) in [7, 11) is 0. The topological polar surface area (TPSA) is 35.6 Å². The molecule has 0 aliphatic heterocycles. The van der Waals surface area contributed by atoms with Gasteiger partial charge in [-0.1, -0.05) is 91.0 Å². The van der Waals surface area contributed by atoms with Crippen LogP contribution in [-0.2, 0) is 0 Å². The predicted octanol–water partition coefficient (Wildman–Crippen LogP) is 8.85. The molecule has 0 saturated heterocycles. The van der Waals surface area contributed by atoms with Crippen molar-refractivity contribution in [1.29, 1.82) is 0 Å². The second-order valence-corrected chi connectivity index (χ2v) is 9.88. The SMILES string of the molecule is c1ccc(-c2ccccc2-n2c(-c3ccccn3)nc3c4c5ccccc5n(-c5ccccc5)c4ccc32)cc1. The Kier molecular flexibility index (Phi) is 5.10. The Morgan fingerprint density at radius 1 is 0.500 bits per heavy atom. The van der Waals surface area contributed by atoms with Gasteiger partial charge in [0.1, 0.15) is 5.69 Å². The molecule has 4 nitrogen and oxygen atoms in total. The Labute approximate surface area is 231 Å². The van der Waals surface area contributed by atoms with Crippen LogP contribution in [-0.4, -0.2) is 19.1 Å². The summed E-state index contributed by atoms with van der Waals surface area (Å²) in [5.74, 6) is 0.822. The van der Waals surface area contributed by atoms with Crippen molar-refractivity contribution in [2.75, 3.05) is 0 Å². The summed E-state index contributed by atoms with van der Waals surface area (Å²) in [6.45, 7) is 0. The fourth-order valence-electron chi connectivity index (χ4n) is 5.89. The van der Waals surface area contributed by atoms with Crippen LogP contribution in [0.5, 0.6) is 0 Å². The minimum atomic E-state index is 0.822. The summed E-state index contributed by atoms with van der Waals surface area (Å²) in [4.78, 5) is 10.1. The number of rotatable bonds is 4. The maximum atomic E-state index is 5.37. The van der Waals surface area contributed by atoms with Gasteiger partial charge in [0.15, 0.2) is 5.82 Å². The monoisotopic (exact) mass is 512 g/mol. The zero-order chi connectivity index (χ0) is 26.5. The van der Waals surface area contributed by atoms with Crippen LogP contribution in [0, 0.1) is 0 Å². The van der Waals surface area contributed by atoms with Gasteiger partial charge in [0.2, 0.25) is 0 Å². The Balaban J connectivity index is 1.52. The van der Waals surface area contributed by atoms with E-state index in [1.165, 1.54) is 5.39 Å². The highest BCUT2D eigenvalue weighted by Crippen LogP contribution is 2.40. The highest BCUT2D eigenvalue weighted by Gasteiger charge is 2.22. The molecular weight excluding hydrogens is 488 g/mol. The first-order chi connectivity index (χ1) is 19.9. The van der Waals surface area contributed by atoms with E-state index in [-0.39, 0.29) is 0 Å². The van der Waals surface area contributed by atoms with E-state index in [0.29, 0.717) is 0 Å². The molecule has 0 spiro atoms. The van der Waals surface area contributed by atoms with Gasteiger partial charge in [-0.05, 0) is 54.1 Å². The largest absolute Gasteiger partial charge is 0.309 e. The van der Waals surface area contributed by atoms with E-state index >= 15 is 0 Å². The Morgan fingerprint density at radius 2 is 1.20 bits per heavy atom. The van der Waals surface area contributed by atoms with Crippen LogP contribution in [0.1, 0.15) is 0 Å². The van der Waals surface area contributed by atoms with Crippen LogP contribution in [0.2, 0.25) is 0 Å². The molecule has 8 rings (SSSR count). The normalized spacial score (nSPS) is 11.5. The van der Waals surface area contributed by atoms with E-state index in [1.54, 1.807) is 0 Å². The highest BCUT2D eigenvalue weighted by molar-refractivity contribution is 6.20. The molecular formula is C36H24N4. The van der Waals surface area contributed by atoms with Gasteiger partial charge in [-0.25, -0.2) is 4.98 Å². The average Bonchev–Trinajstić information content (AvgIpc) is 3.58. The van der Waals surface area contributed by atoms with Crippen molar-refractivity contribution >= 4 is 32.8 Å². The summed E-state index contributed by atoms with van der Waals surface area (Å²) in [5, 5.41) is 2.32. The van der Waals surface area contributed by atoms with Crippen LogP contribution in [0.3, 0.4) is 0 Å². The van der Waals surface area contributed by atoms with Gasteiger partial charge in [-0.2, -0.15) is 0 Å². The van der Waals surface area contributed by atoms with Crippen molar-refractivity contribution in [3.05, 3.63) is 146 Å². The first-order valence-corrected chi connectivity index (χ1v) is 13.4. The number of hydrogen-bond acceptors (Lipinski definition) is 2. The van der Waals surface area contributed by atoms with Crippen molar-refractivity contribution in [2.24, 2.45) is 0 Å². The fraction of sp³-hybridized carbons (Fsp3) is 0. The van der Waals surface area contributed by atoms with Crippen LogP contribution in [0.25, 0.3) is 66.9 Å². The van der Waals surface area contributed by atoms with Gasteiger partial charge in [-0.3, -0.25) is 9.55 Å². The van der Waals surface area contributed by atoms with E-state index in [2.05, 4.69) is 130 Å². The van der Waals surface area contributed by atoms with Gasteiger partial charge in [0, 0.05) is 28.2 Å². The number of imidazole rings is 1. The molecule has 188 valence electrons. The van der Waals surface area contributed by atoms with E-state index in [1.807, 2.05) is 24.4 Å². The standard InChI is InChI=1S/C36H24N4/c1-3-13-25(14-4-1)27-17-7-9-20-30(27)40-33-23-22-32-34(35(33)38-36(40)29-19-11-12-24-37-29)28-18-8-10-21-31(28)39(32)26-15-5-2-6-16-26/h1-24H. The Morgan fingerprint density at radius 3 is 2.02 bits per heavy atom. The third kappa shape index (κ3) is 3.40. The lowest BCUT2D eigenvalue weighted by Gasteiger charge is -2.14. The van der Waals surface area contributed by atoms with Gasteiger partial charge in [0.05, 0.1) is 27.8 Å². The van der Waals surface area contributed by atoms with Crippen LogP contribution >= 0.6 is 0 Å². The number of fused-ring (bicyclic) bond motifs is 5. The lowest BCUT2D eigenvalue weighted by Crippen LogP contribution is -2.01. The van der Waals surface area contributed by atoms with Gasteiger partial charge in [-0.15, -0.1) is 0 Å². The average molecular weight is 513 g/mol. The molecule has 0 aliphatic carbocycles. The van der Waals surface area contributed by atoms with E-state index in [0.717, 1.165) is 61.5 Å². The molecule has 3 heterocycles. The first kappa shape index (κ1) is 22.5. The summed E-state index contributed by atoms with van der Waals surface area (Å²) in [6.07, 6.45) is 1.83. The minimum Gasteiger partial charge on any atom is -0.309 e. The van der Waals surface area contributed by atoms with E-state index in [9.17, 15) is 0 Å². The summed E-state index contributed by atoms with van der Waals surface area (Å²) >= 11 is 0. The minimum absolute atomic E-state index is 0.822. The Bertz CT molecular complexity index is 2140. The zero-order valence-electron chi connectivity index (χ0n) is 21.6. The molecule has 0 radical (unpaired) electrons. The molecule has 0 saturated carbocycles. The lowest BCUT2D eigenvalue weighted by atomic mass is 10.0. The molecule has 0 bridgehead atoms. The summed E-state index contributed by atoms with van der Waals surface area (Å²) in [5.41, 5.74) is 9.65. The van der Waals surface area contributed by atoms with Crippen molar-refractivity contribution in [1.82, 2.24) is 19.1 Å². The third-order valence-corrected chi connectivity index (χ3v) is 7.60. The van der Waals surface area contributed by atoms with Gasteiger partial charge < -0.3 is 4.57 Å². The summed E-state index contributed by atoms with van der Waals surface area (Å²) < 4.78 is 4.61. The molecule has 0 unspecified atom stereocenters. The zero-order valence-corrected chi connectivity index (χ0v) is 21.6. The van der Waals surface area contributed by atoms with Crippen molar-refractivity contribution in [2.45, 2.75) is 0 Å². The molecule has 0 fully saturated rings. The maximum Gasteiger partial charge on any atom is 0.164 e. The van der Waals surface area contributed by atoms with Gasteiger partial charge >= 0.3 is 0 Å². The number of aromatic nitrogens is 4. The van der Waals surface area contributed by atoms with Crippen molar-refractivity contribution in [3.8, 4) is 34.0 Å². The molecule has 40 heavy (non-hydrogen) atoms. The second-order valence-electron chi connectivity index (χ2n) is 9.88. The van der Waals surface area contributed by atoms with Gasteiger partial charge in [0.25, 0.3) is 0 Å². The van der Waals surface area contributed by atoms with Crippen molar-refractivity contribution < 1.29 is 0 Å². The highest BCUT2D eigenvalue weighted by atomic mass is 15.1. The quantitative estimate of drug-likeness (QED) is 0.236. The number of hydrogen-bond donors (Lipinski definition) is 0. The maximum absolute atomic E-state index is 5.37. The molecule has 5 aromatic carbocycles.